The summed E-state index contributed by atoms with van der Waals surface area (Å²) < 4.78 is 5.00. The second kappa shape index (κ2) is 6.83. The van der Waals surface area contributed by atoms with E-state index in [1.165, 1.54) is 25.7 Å². The van der Waals surface area contributed by atoms with Crippen LogP contribution in [0.15, 0.2) is 0 Å². The lowest BCUT2D eigenvalue weighted by molar-refractivity contribution is -0.144. The van der Waals surface area contributed by atoms with Crippen molar-refractivity contribution in [2.24, 2.45) is 5.92 Å². The highest BCUT2D eigenvalue weighted by Gasteiger charge is 2.26. The Morgan fingerprint density at radius 1 is 1.40 bits per heavy atom. The lowest BCUT2D eigenvalue weighted by Gasteiger charge is -2.23. The molecule has 0 aromatic heterocycles. The van der Waals surface area contributed by atoms with Crippen molar-refractivity contribution in [3.63, 3.8) is 0 Å². The van der Waals surface area contributed by atoms with Crippen LogP contribution in [0.4, 0.5) is 0 Å². The first-order chi connectivity index (χ1) is 7.27. The Morgan fingerprint density at radius 3 is 2.60 bits per heavy atom. The molecule has 0 heterocycles. The predicted octanol–water partition coefficient (Wildman–Crippen LogP) is 2.11. The molecule has 0 spiro atoms. The molecule has 0 aliphatic heterocycles. The predicted molar refractivity (Wildman–Crippen MR) is 60.7 cm³/mol. The van der Waals surface area contributed by atoms with Crippen LogP contribution in [0.2, 0.25) is 0 Å². The van der Waals surface area contributed by atoms with E-state index in [4.69, 9.17) is 4.74 Å². The smallest absolute Gasteiger partial charge is 0.307 e. The van der Waals surface area contributed by atoms with Gasteiger partial charge in [-0.1, -0.05) is 19.8 Å². The second-order valence-electron chi connectivity index (χ2n) is 4.22. The number of esters is 1. The average Bonchev–Trinajstić information content (AvgIpc) is 2.70. The van der Waals surface area contributed by atoms with Gasteiger partial charge in [0.05, 0.1) is 13.0 Å². The fraction of sp³-hybridized carbons (Fsp3) is 0.917. The summed E-state index contributed by atoms with van der Waals surface area (Å²) in [7, 11) is 0. The van der Waals surface area contributed by atoms with Gasteiger partial charge in [0.1, 0.15) is 0 Å². The van der Waals surface area contributed by atoms with Crippen LogP contribution in [0.25, 0.3) is 0 Å². The number of nitrogens with one attached hydrogen (secondary N) is 1. The van der Waals surface area contributed by atoms with E-state index in [1.807, 2.05) is 6.92 Å². The van der Waals surface area contributed by atoms with Gasteiger partial charge < -0.3 is 10.1 Å². The monoisotopic (exact) mass is 213 g/mol. The van der Waals surface area contributed by atoms with Gasteiger partial charge in [-0.05, 0) is 32.2 Å². The Labute approximate surface area is 92.6 Å². The molecule has 1 N–H and O–H groups in total. The van der Waals surface area contributed by atoms with Crippen LogP contribution in [-0.4, -0.2) is 25.2 Å². The average molecular weight is 213 g/mol. The number of ether oxygens (including phenoxy) is 1. The molecule has 1 aliphatic carbocycles. The maximum atomic E-state index is 11.4. The van der Waals surface area contributed by atoms with Crippen LogP contribution >= 0.6 is 0 Å². The molecule has 0 radical (unpaired) electrons. The molecule has 88 valence electrons. The highest BCUT2D eigenvalue weighted by atomic mass is 16.5. The first-order valence-corrected chi connectivity index (χ1v) is 6.16. The summed E-state index contributed by atoms with van der Waals surface area (Å²) in [4.78, 5) is 11.4. The molecule has 0 aromatic carbocycles. The van der Waals surface area contributed by atoms with Crippen molar-refractivity contribution in [2.45, 2.75) is 52.0 Å². The summed E-state index contributed by atoms with van der Waals surface area (Å²) >= 11 is 0. The lowest BCUT2D eigenvalue weighted by Crippen LogP contribution is -2.37. The molecule has 0 saturated heterocycles. The van der Waals surface area contributed by atoms with Crippen molar-refractivity contribution in [1.82, 2.24) is 5.32 Å². The van der Waals surface area contributed by atoms with Crippen LogP contribution in [0.3, 0.4) is 0 Å². The van der Waals surface area contributed by atoms with Crippen LogP contribution in [0, 0.1) is 5.92 Å². The number of carbonyl (C=O) groups excluding carboxylic acids is 1. The van der Waals surface area contributed by atoms with Crippen molar-refractivity contribution in [3.8, 4) is 0 Å². The molecule has 3 nitrogen and oxygen atoms in total. The molecular formula is C12H23NO2. The molecule has 1 rings (SSSR count). The maximum Gasteiger partial charge on any atom is 0.307 e. The van der Waals surface area contributed by atoms with E-state index in [0.29, 0.717) is 25.0 Å². The van der Waals surface area contributed by atoms with Gasteiger partial charge in [0, 0.05) is 6.04 Å². The summed E-state index contributed by atoms with van der Waals surface area (Å²) in [5.41, 5.74) is 0. The first kappa shape index (κ1) is 12.5. The number of carbonyl (C=O) groups is 1. The number of hydrogen-bond donors (Lipinski definition) is 1. The summed E-state index contributed by atoms with van der Waals surface area (Å²) in [6.07, 6.45) is 5.69. The van der Waals surface area contributed by atoms with Crippen molar-refractivity contribution < 1.29 is 9.53 Å². The lowest BCUT2D eigenvalue weighted by atomic mass is 9.95. The Kier molecular flexibility index (Phi) is 5.69. The maximum absolute atomic E-state index is 11.4. The van der Waals surface area contributed by atoms with Crippen LogP contribution in [-0.2, 0) is 9.53 Å². The molecule has 1 aliphatic rings. The molecule has 1 atom stereocenters. The van der Waals surface area contributed by atoms with Crippen molar-refractivity contribution in [2.75, 3.05) is 13.2 Å². The zero-order valence-corrected chi connectivity index (χ0v) is 9.92. The van der Waals surface area contributed by atoms with Crippen LogP contribution in [0.5, 0.6) is 0 Å². The summed E-state index contributed by atoms with van der Waals surface area (Å²) in [5.74, 6) is 0.615. The molecule has 0 aromatic rings. The minimum Gasteiger partial charge on any atom is -0.466 e. The Balaban J connectivity index is 2.38. The normalized spacial score (nSPS) is 19.1. The Bertz CT molecular complexity index is 188. The molecule has 1 fully saturated rings. The van der Waals surface area contributed by atoms with Gasteiger partial charge in [-0.15, -0.1) is 0 Å². The molecule has 3 heteroatoms. The third-order valence-electron chi connectivity index (χ3n) is 3.13. The van der Waals surface area contributed by atoms with Crippen LogP contribution in [0.1, 0.15) is 46.0 Å². The van der Waals surface area contributed by atoms with E-state index in [1.54, 1.807) is 0 Å². The Morgan fingerprint density at radius 2 is 2.07 bits per heavy atom. The van der Waals surface area contributed by atoms with E-state index >= 15 is 0 Å². The largest absolute Gasteiger partial charge is 0.466 e. The third-order valence-corrected chi connectivity index (χ3v) is 3.13. The van der Waals surface area contributed by atoms with Gasteiger partial charge in [-0.25, -0.2) is 0 Å². The quantitative estimate of drug-likeness (QED) is 0.687. The molecular weight excluding hydrogens is 190 g/mol. The first-order valence-electron chi connectivity index (χ1n) is 6.16. The van der Waals surface area contributed by atoms with Gasteiger partial charge in [-0.2, -0.15) is 0 Å². The van der Waals surface area contributed by atoms with Gasteiger partial charge in [-0.3, -0.25) is 4.79 Å². The second-order valence-corrected chi connectivity index (χ2v) is 4.22. The van der Waals surface area contributed by atoms with E-state index in [9.17, 15) is 4.79 Å². The van der Waals surface area contributed by atoms with Gasteiger partial charge >= 0.3 is 5.97 Å². The molecule has 15 heavy (non-hydrogen) atoms. The minimum atomic E-state index is -0.0599. The van der Waals surface area contributed by atoms with E-state index in [0.717, 1.165) is 6.54 Å². The van der Waals surface area contributed by atoms with E-state index in [2.05, 4.69) is 12.2 Å². The topological polar surface area (TPSA) is 38.3 Å². The van der Waals surface area contributed by atoms with Gasteiger partial charge in [0.15, 0.2) is 0 Å². The van der Waals surface area contributed by atoms with E-state index in [-0.39, 0.29) is 5.97 Å². The zero-order valence-electron chi connectivity index (χ0n) is 9.92. The van der Waals surface area contributed by atoms with Crippen molar-refractivity contribution in [1.29, 1.82) is 0 Å². The van der Waals surface area contributed by atoms with E-state index < -0.39 is 0 Å². The highest BCUT2D eigenvalue weighted by molar-refractivity contribution is 5.70. The highest BCUT2D eigenvalue weighted by Crippen LogP contribution is 2.29. The summed E-state index contributed by atoms with van der Waals surface area (Å²) in [6.45, 7) is 5.37. The van der Waals surface area contributed by atoms with Gasteiger partial charge in [0.2, 0.25) is 0 Å². The molecule has 1 saturated carbocycles. The Hall–Kier alpha value is -0.570. The summed E-state index contributed by atoms with van der Waals surface area (Å²) in [5, 5.41) is 3.41. The van der Waals surface area contributed by atoms with Gasteiger partial charge in [0.25, 0.3) is 0 Å². The summed E-state index contributed by atoms with van der Waals surface area (Å²) in [6, 6.07) is 0.330. The number of hydrogen-bond acceptors (Lipinski definition) is 3. The molecule has 0 bridgehead atoms. The van der Waals surface area contributed by atoms with Crippen molar-refractivity contribution >= 4 is 5.97 Å². The number of rotatable bonds is 6. The fourth-order valence-electron chi connectivity index (χ4n) is 2.43. The molecule has 0 amide bonds. The molecule has 1 unspecified atom stereocenters. The zero-order chi connectivity index (χ0) is 11.1. The van der Waals surface area contributed by atoms with Crippen molar-refractivity contribution in [3.05, 3.63) is 0 Å². The fourth-order valence-corrected chi connectivity index (χ4v) is 2.43. The standard InChI is InChI=1S/C12H23NO2/c1-3-13-11(9-12(14)15-4-2)10-7-5-6-8-10/h10-11,13H,3-9H2,1-2H3. The minimum absolute atomic E-state index is 0.0599. The SMILES string of the molecule is CCNC(CC(=O)OCC)C1CCCC1. The van der Waals surface area contributed by atoms with Crippen LogP contribution < -0.4 is 5.32 Å². The third kappa shape index (κ3) is 4.20.